The molecule has 1 N–H and O–H groups in total. The molecule has 0 spiro atoms. The Morgan fingerprint density at radius 3 is 2.24 bits per heavy atom. The average Bonchev–Trinajstić information content (AvgIpc) is 2.75. The molecule has 0 aliphatic carbocycles. The zero-order valence-corrected chi connectivity index (χ0v) is 17.0. The third kappa shape index (κ3) is 3.27. The predicted molar refractivity (Wildman–Crippen MR) is 113 cm³/mol. The van der Waals surface area contributed by atoms with E-state index in [0.717, 1.165) is 16.7 Å². The van der Waals surface area contributed by atoms with Crippen molar-refractivity contribution in [2.24, 2.45) is 0 Å². The van der Waals surface area contributed by atoms with Crippen molar-refractivity contribution >= 4 is 10.0 Å². The van der Waals surface area contributed by atoms with Crippen LogP contribution in [0.1, 0.15) is 17.0 Å². The number of nitrogens with one attached hydrogen (secondary N) is 1. The van der Waals surface area contributed by atoms with Crippen LogP contribution in [-0.2, 0) is 10.0 Å². The second kappa shape index (κ2) is 7.06. The van der Waals surface area contributed by atoms with E-state index >= 15 is 0 Å². The first-order valence-corrected chi connectivity index (χ1v) is 11.3. The van der Waals surface area contributed by atoms with Crippen LogP contribution in [0.5, 0.6) is 0 Å². The number of aryl methyl sites for hydroxylation is 1. The number of hydrogen-bond donors (Lipinski definition) is 1. The van der Waals surface area contributed by atoms with Gasteiger partial charge in [-0.15, -0.1) is 0 Å². The van der Waals surface area contributed by atoms with E-state index in [2.05, 4.69) is 34.6 Å². The molecular formula is C23H23N3O2S. The Labute approximate surface area is 171 Å². The number of sulfonamides is 1. The molecule has 29 heavy (non-hydrogen) atoms. The lowest BCUT2D eigenvalue weighted by atomic mass is 9.75. The van der Waals surface area contributed by atoms with E-state index in [9.17, 15) is 8.42 Å². The van der Waals surface area contributed by atoms with Gasteiger partial charge in [0.05, 0.1) is 4.90 Å². The fourth-order valence-electron chi connectivity index (χ4n) is 4.52. The van der Waals surface area contributed by atoms with Crippen molar-refractivity contribution in [3.05, 3.63) is 84.2 Å². The molecule has 0 saturated carbocycles. The fraction of sp³-hybridized carbons (Fsp3) is 0.261. The zero-order valence-electron chi connectivity index (χ0n) is 16.2. The molecule has 3 aliphatic heterocycles. The molecule has 1 aromatic heterocycles. The Morgan fingerprint density at radius 2 is 1.59 bits per heavy atom. The number of pyridine rings is 1. The maximum absolute atomic E-state index is 13.0. The van der Waals surface area contributed by atoms with Gasteiger partial charge in [0.1, 0.15) is 0 Å². The smallest absolute Gasteiger partial charge is 0.243 e. The van der Waals surface area contributed by atoms with Crippen molar-refractivity contribution < 1.29 is 8.42 Å². The summed E-state index contributed by atoms with van der Waals surface area (Å²) >= 11 is 0. The van der Waals surface area contributed by atoms with E-state index in [1.165, 1.54) is 5.56 Å². The molecule has 3 aromatic rings. The molecule has 2 aromatic carbocycles. The van der Waals surface area contributed by atoms with E-state index in [-0.39, 0.29) is 12.1 Å². The summed E-state index contributed by atoms with van der Waals surface area (Å²) in [5.74, 6) is 0.352. The van der Waals surface area contributed by atoms with Crippen LogP contribution >= 0.6 is 0 Å². The number of hydrogen-bond acceptors (Lipinski definition) is 4. The minimum absolute atomic E-state index is 0.153. The van der Waals surface area contributed by atoms with E-state index < -0.39 is 10.0 Å². The van der Waals surface area contributed by atoms with Gasteiger partial charge in [-0.05, 0) is 53.4 Å². The number of benzene rings is 2. The summed E-state index contributed by atoms with van der Waals surface area (Å²) < 4.78 is 27.7. The highest BCUT2D eigenvalue weighted by Crippen LogP contribution is 2.39. The molecule has 3 saturated heterocycles. The summed E-state index contributed by atoms with van der Waals surface area (Å²) in [7, 11) is -3.45. The molecule has 3 aliphatic rings. The van der Waals surface area contributed by atoms with Crippen molar-refractivity contribution in [3.63, 3.8) is 0 Å². The quantitative estimate of drug-likeness (QED) is 0.724. The minimum atomic E-state index is -3.45. The molecule has 0 amide bonds. The van der Waals surface area contributed by atoms with Gasteiger partial charge in [0, 0.05) is 43.5 Å². The lowest BCUT2D eigenvalue weighted by molar-refractivity contribution is 0.102. The first kappa shape index (κ1) is 18.5. The number of aromatic nitrogens is 1. The lowest BCUT2D eigenvalue weighted by Gasteiger charge is -2.54. The number of piperidine rings is 1. The molecule has 1 unspecified atom stereocenters. The van der Waals surface area contributed by atoms with Crippen LogP contribution in [-0.4, -0.2) is 42.9 Å². The number of fused-ring (bicyclic) bond motifs is 2. The molecule has 3 atom stereocenters. The molecular weight excluding hydrogens is 382 g/mol. The van der Waals surface area contributed by atoms with E-state index in [4.69, 9.17) is 0 Å². The van der Waals surface area contributed by atoms with Gasteiger partial charge >= 0.3 is 0 Å². The minimum Gasteiger partial charge on any atom is -0.307 e. The van der Waals surface area contributed by atoms with Gasteiger partial charge in [-0.3, -0.25) is 4.98 Å². The Balaban J connectivity index is 1.33. The highest BCUT2D eigenvalue weighted by molar-refractivity contribution is 7.89. The number of piperazine rings is 1. The van der Waals surface area contributed by atoms with E-state index in [1.807, 2.05) is 25.1 Å². The second-order valence-electron chi connectivity index (χ2n) is 7.90. The highest BCUT2D eigenvalue weighted by Gasteiger charge is 2.49. The van der Waals surface area contributed by atoms with Crippen LogP contribution < -0.4 is 5.32 Å². The topological polar surface area (TPSA) is 62.3 Å². The van der Waals surface area contributed by atoms with Crippen molar-refractivity contribution in [1.82, 2.24) is 14.6 Å². The molecule has 0 radical (unpaired) electrons. The van der Waals surface area contributed by atoms with Gasteiger partial charge in [-0.2, -0.15) is 4.31 Å². The monoisotopic (exact) mass is 405 g/mol. The van der Waals surface area contributed by atoms with Crippen LogP contribution in [0.4, 0.5) is 0 Å². The summed E-state index contributed by atoms with van der Waals surface area (Å²) in [5, 5.41) is 3.52. The second-order valence-corrected chi connectivity index (χ2v) is 9.84. The Hall–Kier alpha value is -2.54. The normalized spacial score (nSPS) is 24.1. The van der Waals surface area contributed by atoms with Gasteiger partial charge in [0.2, 0.25) is 10.0 Å². The molecule has 3 fully saturated rings. The van der Waals surface area contributed by atoms with Crippen molar-refractivity contribution in [2.75, 3.05) is 13.1 Å². The summed E-state index contributed by atoms with van der Waals surface area (Å²) in [6, 6.07) is 20.1. The van der Waals surface area contributed by atoms with E-state index in [1.54, 1.807) is 34.9 Å². The average molecular weight is 406 g/mol. The van der Waals surface area contributed by atoms with Crippen LogP contribution in [0.15, 0.2) is 78.0 Å². The summed E-state index contributed by atoms with van der Waals surface area (Å²) in [6.07, 6.45) is 3.60. The zero-order chi connectivity index (χ0) is 20.0. The maximum Gasteiger partial charge on any atom is 0.243 e. The largest absolute Gasteiger partial charge is 0.307 e. The van der Waals surface area contributed by atoms with Crippen molar-refractivity contribution in [1.29, 1.82) is 0 Å². The third-order valence-electron chi connectivity index (χ3n) is 6.03. The number of rotatable bonds is 4. The van der Waals surface area contributed by atoms with E-state index in [0.29, 0.717) is 23.9 Å². The van der Waals surface area contributed by atoms with Gasteiger partial charge in [-0.1, -0.05) is 36.4 Å². The standard InChI is InChI=1S/C23H23N3O2S/c1-16-3-2-4-20(13-16)29(27,28)26-14-21-23(22(15-26)25-21)19-7-5-17(6-8-19)18-9-11-24-12-10-18/h2-13,21-23,25H,14-15H2,1H3/t21-,22+,23?. The summed E-state index contributed by atoms with van der Waals surface area (Å²) in [6.45, 7) is 2.92. The molecule has 4 heterocycles. The molecule has 5 nitrogen and oxygen atoms in total. The fourth-order valence-corrected chi connectivity index (χ4v) is 6.12. The van der Waals surface area contributed by atoms with Gasteiger partial charge in [0.25, 0.3) is 0 Å². The molecule has 2 bridgehead atoms. The van der Waals surface area contributed by atoms with Crippen molar-refractivity contribution in [3.8, 4) is 11.1 Å². The first-order valence-electron chi connectivity index (χ1n) is 9.85. The molecule has 6 rings (SSSR count). The number of nitrogens with zero attached hydrogens (tertiary/aromatic N) is 2. The highest BCUT2D eigenvalue weighted by atomic mass is 32.2. The lowest BCUT2D eigenvalue weighted by Crippen LogP contribution is -2.72. The third-order valence-corrected chi connectivity index (χ3v) is 7.86. The van der Waals surface area contributed by atoms with Crippen LogP contribution in [0.25, 0.3) is 11.1 Å². The van der Waals surface area contributed by atoms with Crippen LogP contribution in [0.3, 0.4) is 0 Å². The summed E-state index contributed by atoms with van der Waals surface area (Å²) in [5.41, 5.74) is 4.54. The first-order chi connectivity index (χ1) is 14.0. The molecule has 6 heteroatoms. The SMILES string of the molecule is Cc1cccc(S(=O)(=O)N2C[C@@H]3N[C@H](C2)C3c2ccc(-c3ccncc3)cc2)c1. The van der Waals surface area contributed by atoms with Crippen molar-refractivity contribution in [2.45, 2.75) is 29.8 Å². The van der Waals surface area contributed by atoms with Gasteiger partial charge in [-0.25, -0.2) is 8.42 Å². The Bertz CT molecular complexity index is 1120. The molecule has 148 valence electrons. The maximum atomic E-state index is 13.0. The van der Waals surface area contributed by atoms with Crippen LogP contribution in [0.2, 0.25) is 0 Å². The van der Waals surface area contributed by atoms with Gasteiger partial charge < -0.3 is 5.32 Å². The van der Waals surface area contributed by atoms with Gasteiger partial charge in [0.15, 0.2) is 0 Å². The Morgan fingerprint density at radius 1 is 0.931 bits per heavy atom. The predicted octanol–water partition coefficient (Wildman–Crippen LogP) is 3.19. The van der Waals surface area contributed by atoms with Crippen LogP contribution in [0, 0.1) is 6.92 Å². The summed E-state index contributed by atoms with van der Waals surface area (Å²) in [4.78, 5) is 4.46. The Kier molecular flexibility index (Phi) is 4.50.